The Morgan fingerprint density at radius 3 is 2.70 bits per heavy atom. The lowest BCUT2D eigenvalue weighted by Gasteiger charge is -2.28. The second-order valence-electron chi connectivity index (χ2n) is 7.99. The minimum absolute atomic E-state index is 0.0828. The number of allylic oxidation sites excluding steroid dienone is 1. The summed E-state index contributed by atoms with van der Waals surface area (Å²) in [6.45, 7) is 2.94. The highest BCUT2D eigenvalue weighted by Gasteiger charge is 2.33. The summed E-state index contributed by atoms with van der Waals surface area (Å²) in [5.41, 5.74) is 2.50. The lowest BCUT2D eigenvalue weighted by molar-refractivity contribution is -0.142. The van der Waals surface area contributed by atoms with Crippen LogP contribution in [0.5, 0.6) is 11.5 Å². The first-order valence-electron chi connectivity index (χ1n) is 11.0. The molecule has 8 heteroatoms. The molecule has 0 radical (unpaired) electrons. The molecule has 0 bridgehead atoms. The highest BCUT2D eigenvalue weighted by atomic mass is 16.6. The monoisotopic (exact) mass is 452 g/mol. The first-order chi connectivity index (χ1) is 16.0. The van der Waals surface area contributed by atoms with Crippen molar-refractivity contribution in [3.63, 3.8) is 0 Å². The zero-order valence-electron chi connectivity index (χ0n) is 18.8. The first-order valence-corrected chi connectivity index (χ1v) is 11.0. The molecule has 174 valence electrons. The van der Waals surface area contributed by atoms with E-state index in [0.717, 1.165) is 18.4 Å². The highest BCUT2D eigenvalue weighted by Crippen LogP contribution is 2.35. The van der Waals surface area contributed by atoms with Crippen LogP contribution in [0.1, 0.15) is 36.9 Å². The third-order valence-electron chi connectivity index (χ3n) is 5.67. The van der Waals surface area contributed by atoms with Gasteiger partial charge in [0, 0.05) is 12.3 Å². The Hall–Kier alpha value is -3.52. The summed E-state index contributed by atoms with van der Waals surface area (Å²) in [6.07, 6.45) is 1.74. The fourth-order valence-corrected chi connectivity index (χ4v) is 3.95. The molecule has 0 unspecified atom stereocenters. The van der Waals surface area contributed by atoms with E-state index < -0.39 is 18.0 Å². The van der Waals surface area contributed by atoms with E-state index in [1.165, 1.54) is 0 Å². The van der Waals surface area contributed by atoms with Gasteiger partial charge in [0.05, 0.1) is 24.8 Å². The van der Waals surface area contributed by atoms with E-state index in [-0.39, 0.29) is 12.7 Å². The van der Waals surface area contributed by atoms with Crippen LogP contribution in [-0.4, -0.2) is 38.4 Å². The number of nitrogens with one attached hydrogen (secondary N) is 2. The highest BCUT2D eigenvalue weighted by molar-refractivity contribution is 5.95. The summed E-state index contributed by atoms with van der Waals surface area (Å²) in [6, 6.07) is 14.1. The van der Waals surface area contributed by atoms with Crippen LogP contribution >= 0.6 is 0 Å². The molecular weight excluding hydrogens is 424 g/mol. The van der Waals surface area contributed by atoms with E-state index in [1.807, 2.05) is 30.3 Å². The fraction of sp³-hybridized carbons (Fsp3) is 0.360. The second-order valence-corrected chi connectivity index (χ2v) is 7.99. The summed E-state index contributed by atoms with van der Waals surface area (Å²) >= 11 is 0. The van der Waals surface area contributed by atoms with Gasteiger partial charge in [-0.1, -0.05) is 36.4 Å². The normalized spacial score (nSPS) is 20.1. The summed E-state index contributed by atoms with van der Waals surface area (Å²) in [4.78, 5) is 25.1. The lowest BCUT2D eigenvalue weighted by atomic mass is 9.95. The molecular formula is C25H28N2O6. The largest absolute Gasteiger partial charge is 0.493 e. The number of amides is 2. The molecule has 33 heavy (non-hydrogen) atoms. The Kier molecular flexibility index (Phi) is 7.14. The molecule has 4 rings (SSSR count). The van der Waals surface area contributed by atoms with Crippen molar-refractivity contribution in [2.45, 2.75) is 38.5 Å². The van der Waals surface area contributed by atoms with E-state index in [9.17, 15) is 9.59 Å². The number of carbonyl (C=O) groups excluding carboxylic acids is 2. The number of rotatable bonds is 8. The molecule has 2 aliphatic heterocycles. The molecule has 2 aliphatic rings. The van der Waals surface area contributed by atoms with E-state index in [4.69, 9.17) is 18.9 Å². The van der Waals surface area contributed by atoms with Gasteiger partial charge < -0.3 is 29.6 Å². The average molecular weight is 453 g/mol. The summed E-state index contributed by atoms with van der Waals surface area (Å²) in [5, 5.41) is 5.47. The van der Waals surface area contributed by atoms with Crippen molar-refractivity contribution in [2.75, 3.05) is 20.3 Å². The molecule has 0 aliphatic carbocycles. The van der Waals surface area contributed by atoms with Crippen LogP contribution in [0.2, 0.25) is 0 Å². The predicted octanol–water partition coefficient (Wildman–Crippen LogP) is 3.62. The van der Waals surface area contributed by atoms with Crippen molar-refractivity contribution >= 4 is 12.0 Å². The minimum atomic E-state index is -0.687. The Bertz CT molecular complexity index is 1030. The van der Waals surface area contributed by atoms with E-state index in [2.05, 4.69) is 10.6 Å². The van der Waals surface area contributed by atoms with Crippen molar-refractivity contribution in [2.24, 2.45) is 0 Å². The van der Waals surface area contributed by atoms with Gasteiger partial charge in [-0.05, 0) is 43.0 Å². The number of methoxy groups -OCH3 is 1. The zero-order chi connectivity index (χ0) is 23.2. The van der Waals surface area contributed by atoms with Crippen molar-refractivity contribution < 1.29 is 28.5 Å². The number of esters is 1. The molecule has 0 spiro atoms. The number of benzene rings is 2. The summed E-state index contributed by atoms with van der Waals surface area (Å²) in [5.74, 6) is 0.568. The maximum atomic E-state index is 13.0. The van der Waals surface area contributed by atoms with Gasteiger partial charge in [-0.25, -0.2) is 9.59 Å². The van der Waals surface area contributed by atoms with Crippen molar-refractivity contribution in [1.82, 2.24) is 10.6 Å². The molecule has 2 aromatic rings. The van der Waals surface area contributed by atoms with Gasteiger partial charge in [0.1, 0.15) is 13.2 Å². The Morgan fingerprint density at radius 2 is 1.97 bits per heavy atom. The molecule has 2 N–H and O–H groups in total. The Labute approximate surface area is 192 Å². The van der Waals surface area contributed by atoms with Crippen LogP contribution in [0.25, 0.3) is 0 Å². The van der Waals surface area contributed by atoms with Gasteiger partial charge in [-0.3, -0.25) is 0 Å². The molecule has 2 atom stereocenters. The Morgan fingerprint density at radius 1 is 1.15 bits per heavy atom. The molecule has 2 amide bonds. The summed E-state index contributed by atoms with van der Waals surface area (Å²) in [7, 11) is 1.55. The lowest BCUT2D eigenvalue weighted by Crippen LogP contribution is -2.45. The van der Waals surface area contributed by atoms with E-state index in [0.29, 0.717) is 41.5 Å². The van der Waals surface area contributed by atoms with E-state index in [1.54, 1.807) is 32.2 Å². The molecule has 0 aromatic heterocycles. The van der Waals surface area contributed by atoms with Gasteiger partial charge in [-0.15, -0.1) is 0 Å². The fourth-order valence-electron chi connectivity index (χ4n) is 3.95. The maximum absolute atomic E-state index is 13.0. The molecule has 1 saturated heterocycles. The number of hydrogen-bond acceptors (Lipinski definition) is 6. The number of ether oxygens (including phenoxy) is 4. The first kappa shape index (κ1) is 22.7. The third kappa shape index (κ3) is 5.46. The number of hydrogen-bond donors (Lipinski definition) is 2. The van der Waals surface area contributed by atoms with Gasteiger partial charge in [0.2, 0.25) is 0 Å². The topological polar surface area (TPSA) is 95.1 Å². The van der Waals surface area contributed by atoms with Crippen LogP contribution in [0.15, 0.2) is 59.8 Å². The van der Waals surface area contributed by atoms with Crippen LogP contribution in [-0.2, 0) is 20.9 Å². The maximum Gasteiger partial charge on any atom is 0.338 e. The second kappa shape index (κ2) is 10.4. The van der Waals surface area contributed by atoms with E-state index >= 15 is 0 Å². The van der Waals surface area contributed by atoms with Crippen LogP contribution in [0.3, 0.4) is 0 Å². The molecule has 2 heterocycles. The molecule has 0 saturated carbocycles. The Balaban J connectivity index is 1.53. The molecule has 8 nitrogen and oxygen atoms in total. The zero-order valence-corrected chi connectivity index (χ0v) is 18.8. The number of carbonyl (C=O) groups is 2. The van der Waals surface area contributed by atoms with Gasteiger partial charge in [-0.2, -0.15) is 0 Å². The third-order valence-corrected chi connectivity index (χ3v) is 5.67. The smallest absolute Gasteiger partial charge is 0.338 e. The molecule has 2 aromatic carbocycles. The van der Waals surface area contributed by atoms with Crippen LogP contribution in [0.4, 0.5) is 4.79 Å². The quantitative estimate of drug-likeness (QED) is 0.594. The van der Waals surface area contributed by atoms with Crippen molar-refractivity contribution in [3.05, 3.63) is 70.9 Å². The minimum Gasteiger partial charge on any atom is -0.493 e. The van der Waals surface area contributed by atoms with Gasteiger partial charge in [0.25, 0.3) is 0 Å². The average Bonchev–Trinajstić information content (AvgIpc) is 3.35. The van der Waals surface area contributed by atoms with Crippen molar-refractivity contribution in [1.29, 1.82) is 0 Å². The predicted molar refractivity (Wildman–Crippen MR) is 121 cm³/mol. The van der Waals surface area contributed by atoms with Crippen LogP contribution in [0, 0.1) is 0 Å². The van der Waals surface area contributed by atoms with Gasteiger partial charge in [0.15, 0.2) is 11.5 Å². The standard InChI is InChI=1S/C25H28N2O6/c1-16-22(24(28)33-15-19-9-6-12-31-19)23(27-25(29)26-16)18-10-11-20(21(13-18)30-2)32-14-17-7-4-3-5-8-17/h3-5,7-8,10-11,13,19,23H,6,9,12,14-15H2,1-2H3,(H2,26,27,29)/t19-,23+/m1/s1. The van der Waals surface area contributed by atoms with Crippen LogP contribution < -0.4 is 20.1 Å². The van der Waals surface area contributed by atoms with Gasteiger partial charge >= 0.3 is 12.0 Å². The SMILES string of the molecule is COc1cc([C@@H]2NC(=O)NC(C)=C2C(=O)OC[C@H]2CCCO2)ccc1OCc1ccccc1. The molecule has 1 fully saturated rings. The summed E-state index contributed by atoms with van der Waals surface area (Å²) < 4.78 is 22.5. The van der Waals surface area contributed by atoms with Crippen molar-refractivity contribution in [3.8, 4) is 11.5 Å². The number of urea groups is 1.